The second kappa shape index (κ2) is 11.8. The predicted molar refractivity (Wildman–Crippen MR) is 129 cm³/mol. The Kier molecular flexibility index (Phi) is 9.02. The Hall–Kier alpha value is -2.52. The summed E-state index contributed by atoms with van der Waals surface area (Å²) in [6, 6.07) is 7.76. The Morgan fingerprint density at radius 2 is 1.91 bits per heavy atom. The summed E-state index contributed by atoms with van der Waals surface area (Å²) in [6.45, 7) is 3.85. The molecular formula is C26H31FNO5P. The average Bonchev–Trinajstić information content (AvgIpc) is 2.80. The molecule has 3 unspecified atom stereocenters. The number of hydrogen-bond acceptors (Lipinski definition) is 5. The van der Waals surface area contributed by atoms with E-state index in [4.69, 9.17) is 11.4 Å². The Balaban J connectivity index is 2.23. The molecule has 0 amide bonds. The van der Waals surface area contributed by atoms with E-state index in [9.17, 15) is 23.7 Å². The van der Waals surface area contributed by atoms with Crippen molar-refractivity contribution in [1.29, 1.82) is 0 Å². The topological polar surface area (TPSA) is 96.7 Å². The number of esters is 1. The van der Waals surface area contributed by atoms with Crippen molar-refractivity contribution in [2.24, 2.45) is 0 Å². The summed E-state index contributed by atoms with van der Waals surface area (Å²) in [5.74, 6) is -1.14. The van der Waals surface area contributed by atoms with E-state index < -0.39 is 38.0 Å². The van der Waals surface area contributed by atoms with E-state index in [1.165, 1.54) is 18.6 Å². The van der Waals surface area contributed by atoms with E-state index in [0.717, 1.165) is 31.4 Å². The number of nitrogens with zero attached hydrogens (tertiary/aromatic N) is 1. The molecule has 0 spiro atoms. The van der Waals surface area contributed by atoms with Gasteiger partial charge in [-0.3, -0.25) is 14.3 Å². The van der Waals surface area contributed by atoms with Gasteiger partial charge in [-0.15, -0.1) is 0 Å². The Labute approximate surface area is 200 Å². The van der Waals surface area contributed by atoms with Crippen LogP contribution >= 0.6 is 8.03 Å². The summed E-state index contributed by atoms with van der Waals surface area (Å²) in [5, 5.41) is 10.9. The van der Waals surface area contributed by atoms with Gasteiger partial charge in [0.2, 0.25) is 0 Å². The van der Waals surface area contributed by atoms with Gasteiger partial charge in [-0.1, -0.05) is 51.7 Å². The van der Waals surface area contributed by atoms with Gasteiger partial charge in [0.25, 0.3) is 0 Å². The lowest BCUT2D eigenvalue weighted by atomic mass is 9.83. The summed E-state index contributed by atoms with van der Waals surface area (Å²) < 4.78 is 30.8. The number of halogens is 1. The molecule has 0 radical (unpaired) electrons. The Bertz CT molecular complexity index is 1070. The van der Waals surface area contributed by atoms with Crippen molar-refractivity contribution < 1.29 is 28.5 Å². The fourth-order valence-corrected chi connectivity index (χ4v) is 5.71. The molecule has 2 aromatic rings. The Morgan fingerprint density at radius 1 is 1.26 bits per heavy atom. The first-order valence-corrected chi connectivity index (χ1v) is 13.0. The van der Waals surface area contributed by atoms with E-state index >= 15 is 0 Å². The lowest BCUT2D eigenvalue weighted by Gasteiger charge is -2.29. The molecule has 3 atom stereocenters. The van der Waals surface area contributed by atoms with Gasteiger partial charge in [0.1, 0.15) is 11.9 Å². The standard InChI is InChI=1S/C26H31FNO5P/c1-4-33-23(30)15-22(29)26(34(31)32)24-20(17-10-12-19(27)13-11-17)14-21(28-25(24)16(2)3)18-8-6-5-7-9-18/h1,10-14,16,18,22,26,29,34H,5-9,15H2,2-3H3,(H,31,32). The third-order valence-electron chi connectivity index (χ3n) is 6.34. The summed E-state index contributed by atoms with van der Waals surface area (Å²) in [5.41, 5.74) is 1.85. The van der Waals surface area contributed by atoms with Crippen molar-refractivity contribution in [1.82, 2.24) is 4.98 Å². The van der Waals surface area contributed by atoms with Crippen LogP contribution in [-0.2, 0) is 14.1 Å². The molecule has 0 saturated heterocycles. The zero-order chi connectivity index (χ0) is 24.8. The molecular weight excluding hydrogens is 456 g/mol. The number of hydrogen-bond donors (Lipinski definition) is 2. The third-order valence-corrected chi connectivity index (χ3v) is 7.55. The first kappa shape index (κ1) is 26.1. The number of rotatable bonds is 8. The fourth-order valence-electron chi connectivity index (χ4n) is 4.71. The highest BCUT2D eigenvalue weighted by Gasteiger charge is 2.35. The average molecular weight is 488 g/mol. The lowest BCUT2D eigenvalue weighted by Crippen LogP contribution is -2.23. The van der Waals surface area contributed by atoms with Gasteiger partial charge in [-0.25, -0.2) is 4.39 Å². The largest absolute Gasteiger partial charge is 0.391 e. The van der Waals surface area contributed by atoms with Crippen molar-refractivity contribution in [3.8, 4) is 23.7 Å². The SMILES string of the molecule is C#COC(=O)CC(O)C(c1c(-c2ccc(F)cc2)cc(C2CCCCC2)nc1C(C)C)[PH](=O)O. The van der Waals surface area contributed by atoms with Gasteiger partial charge in [0.05, 0.1) is 18.2 Å². The van der Waals surface area contributed by atoms with Gasteiger partial charge in [0, 0.05) is 17.3 Å². The molecule has 2 N–H and O–H groups in total. The van der Waals surface area contributed by atoms with Crippen molar-refractivity contribution in [3.63, 3.8) is 0 Å². The van der Waals surface area contributed by atoms with Crippen molar-refractivity contribution in [3.05, 3.63) is 53.1 Å². The van der Waals surface area contributed by atoms with Crippen LogP contribution in [0.15, 0.2) is 30.3 Å². The second-order valence-corrected chi connectivity index (χ2v) is 10.4. The fraction of sp³-hybridized carbons (Fsp3) is 0.462. The normalized spacial score (nSPS) is 17.1. The van der Waals surface area contributed by atoms with Crippen LogP contribution < -0.4 is 0 Å². The first-order chi connectivity index (χ1) is 16.2. The monoisotopic (exact) mass is 487 g/mol. The summed E-state index contributed by atoms with van der Waals surface area (Å²) in [7, 11) is -3.39. The number of pyridine rings is 1. The van der Waals surface area contributed by atoms with Crippen LogP contribution in [0, 0.1) is 18.3 Å². The number of carbonyl (C=O) groups is 1. The van der Waals surface area contributed by atoms with Crippen LogP contribution in [-0.4, -0.2) is 27.1 Å². The molecule has 0 bridgehead atoms. The number of ether oxygens (including phenoxy) is 1. The predicted octanol–water partition coefficient (Wildman–Crippen LogP) is 5.45. The maximum atomic E-state index is 13.7. The summed E-state index contributed by atoms with van der Waals surface area (Å²) in [6.07, 6.45) is 10.1. The van der Waals surface area contributed by atoms with Crippen LogP contribution in [0.2, 0.25) is 0 Å². The molecule has 1 aliphatic carbocycles. The molecule has 1 heterocycles. The van der Waals surface area contributed by atoms with Crippen LogP contribution in [0.1, 0.15) is 86.8 Å². The highest BCUT2D eigenvalue weighted by atomic mass is 31.1. The molecule has 1 aromatic heterocycles. The molecule has 1 fully saturated rings. The third kappa shape index (κ3) is 6.13. The minimum absolute atomic E-state index is 0.133. The number of aliphatic hydroxyl groups is 1. The number of aliphatic hydroxyl groups excluding tert-OH is 1. The van der Waals surface area contributed by atoms with Crippen LogP contribution in [0.25, 0.3) is 11.1 Å². The second-order valence-electron chi connectivity index (χ2n) is 9.07. The van der Waals surface area contributed by atoms with E-state index in [-0.39, 0.29) is 11.8 Å². The number of aromatic nitrogens is 1. The number of benzene rings is 1. The van der Waals surface area contributed by atoms with Crippen LogP contribution in [0.5, 0.6) is 0 Å². The van der Waals surface area contributed by atoms with Crippen LogP contribution in [0.4, 0.5) is 4.39 Å². The van der Waals surface area contributed by atoms with Gasteiger partial charge in [-0.2, -0.15) is 0 Å². The molecule has 1 aromatic carbocycles. The molecule has 3 rings (SSSR count). The van der Waals surface area contributed by atoms with Crippen molar-refractivity contribution >= 4 is 14.0 Å². The number of terminal acetylenes is 1. The van der Waals surface area contributed by atoms with Gasteiger partial charge >= 0.3 is 5.97 Å². The zero-order valence-corrected chi connectivity index (χ0v) is 20.5. The summed E-state index contributed by atoms with van der Waals surface area (Å²) in [4.78, 5) is 27.2. The lowest BCUT2D eigenvalue weighted by molar-refractivity contribution is -0.139. The molecule has 34 heavy (non-hydrogen) atoms. The quantitative estimate of drug-likeness (QED) is 0.292. The van der Waals surface area contributed by atoms with Gasteiger partial charge in [-0.05, 0) is 53.6 Å². The smallest absolute Gasteiger partial charge is 0.322 e. The number of carbonyl (C=O) groups excluding carboxylic acids is 1. The highest BCUT2D eigenvalue weighted by Crippen LogP contribution is 2.49. The maximum Gasteiger partial charge on any atom is 0.322 e. The minimum atomic E-state index is -3.39. The summed E-state index contributed by atoms with van der Waals surface area (Å²) >= 11 is 0. The van der Waals surface area contributed by atoms with Crippen molar-refractivity contribution in [2.75, 3.05) is 0 Å². The van der Waals surface area contributed by atoms with E-state index in [0.29, 0.717) is 22.4 Å². The van der Waals surface area contributed by atoms with Gasteiger partial charge < -0.3 is 14.7 Å². The molecule has 0 aliphatic heterocycles. The molecule has 6 nitrogen and oxygen atoms in total. The highest BCUT2D eigenvalue weighted by molar-refractivity contribution is 7.38. The van der Waals surface area contributed by atoms with E-state index in [1.54, 1.807) is 18.2 Å². The van der Waals surface area contributed by atoms with E-state index in [1.807, 2.05) is 19.9 Å². The molecule has 1 saturated carbocycles. The Morgan fingerprint density at radius 3 is 2.47 bits per heavy atom. The van der Waals surface area contributed by atoms with Crippen molar-refractivity contribution in [2.45, 2.75) is 76.0 Å². The molecule has 182 valence electrons. The minimum Gasteiger partial charge on any atom is -0.391 e. The molecule has 8 heteroatoms. The van der Waals surface area contributed by atoms with Crippen LogP contribution in [0.3, 0.4) is 0 Å². The first-order valence-electron chi connectivity index (χ1n) is 11.6. The van der Waals surface area contributed by atoms with Gasteiger partial charge in [0.15, 0.2) is 8.03 Å². The zero-order valence-electron chi connectivity index (χ0n) is 19.5. The molecule has 1 aliphatic rings. The van der Waals surface area contributed by atoms with E-state index in [2.05, 4.69) is 4.74 Å². The maximum absolute atomic E-state index is 13.7.